The van der Waals surface area contributed by atoms with E-state index in [1.54, 1.807) is 0 Å². The van der Waals surface area contributed by atoms with Gasteiger partial charge in [0.1, 0.15) is 0 Å². The van der Waals surface area contributed by atoms with Crippen LogP contribution in [0.1, 0.15) is 27.2 Å². The molecule has 0 spiro atoms. The van der Waals surface area contributed by atoms with Crippen molar-refractivity contribution in [3.8, 4) is 11.8 Å². The zero-order valence-electron chi connectivity index (χ0n) is 15.6. The molecule has 0 saturated heterocycles. The van der Waals surface area contributed by atoms with Gasteiger partial charge in [-0.2, -0.15) is 0 Å². The summed E-state index contributed by atoms with van der Waals surface area (Å²) in [4.78, 5) is 11.2. The van der Waals surface area contributed by atoms with E-state index in [2.05, 4.69) is 81.1 Å². The van der Waals surface area contributed by atoms with Gasteiger partial charge < -0.3 is 4.43 Å². The van der Waals surface area contributed by atoms with Crippen LogP contribution in [0.15, 0.2) is 60.7 Å². The van der Waals surface area contributed by atoms with Gasteiger partial charge in [-0.25, -0.2) is 0 Å². The SMILES string of the molecule is CC(C)(C)[Si](OCCC#CC(=O)CCl)(c1ccccc1)c1ccccc1. The number of carbonyl (C=O) groups excluding carboxylic acids is 1. The summed E-state index contributed by atoms with van der Waals surface area (Å²) < 4.78 is 6.67. The monoisotopic (exact) mass is 384 g/mol. The Morgan fingerprint density at radius 1 is 1.00 bits per heavy atom. The highest BCUT2D eigenvalue weighted by Crippen LogP contribution is 2.36. The lowest BCUT2D eigenvalue weighted by Gasteiger charge is -2.43. The maximum atomic E-state index is 11.2. The minimum absolute atomic E-state index is 0.0604. The van der Waals surface area contributed by atoms with Crippen LogP contribution in [-0.2, 0) is 9.22 Å². The smallest absolute Gasteiger partial charge is 0.261 e. The van der Waals surface area contributed by atoms with E-state index >= 15 is 0 Å². The van der Waals surface area contributed by atoms with Crippen molar-refractivity contribution < 1.29 is 9.22 Å². The second kappa shape index (κ2) is 9.18. The third-order valence-electron chi connectivity index (χ3n) is 4.31. The topological polar surface area (TPSA) is 26.3 Å². The first-order valence-electron chi connectivity index (χ1n) is 8.74. The quantitative estimate of drug-likeness (QED) is 0.249. The molecule has 0 amide bonds. The second-order valence-electron chi connectivity index (χ2n) is 7.12. The Kier molecular flexibility index (Phi) is 7.22. The van der Waals surface area contributed by atoms with Gasteiger partial charge in [-0.1, -0.05) is 87.4 Å². The number of alkyl halides is 1. The van der Waals surface area contributed by atoms with Gasteiger partial charge in [-0.3, -0.25) is 4.79 Å². The van der Waals surface area contributed by atoms with E-state index in [0.717, 1.165) is 0 Å². The van der Waals surface area contributed by atoms with E-state index in [9.17, 15) is 4.79 Å². The molecule has 0 N–H and O–H groups in total. The van der Waals surface area contributed by atoms with Gasteiger partial charge in [0.15, 0.2) is 0 Å². The molecule has 2 nitrogen and oxygen atoms in total. The summed E-state index contributed by atoms with van der Waals surface area (Å²) in [6.07, 6.45) is 0.507. The maximum absolute atomic E-state index is 11.2. The molecule has 0 bridgehead atoms. The Bertz CT molecular complexity index is 731. The fraction of sp³-hybridized carbons (Fsp3) is 0.318. The van der Waals surface area contributed by atoms with Gasteiger partial charge in [0, 0.05) is 13.0 Å². The van der Waals surface area contributed by atoms with Gasteiger partial charge in [-0.05, 0) is 21.3 Å². The maximum Gasteiger partial charge on any atom is 0.261 e. The minimum atomic E-state index is -2.51. The number of benzene rings is 2. The largest absolute Gasteiger partial charge is 0.406 e. The van der Waals surface area contributed by atoms with Crippen molar-refractivity contribution in [2.75, 3.05) is 12.5 Å². The molecule has 26 heavy (non-hydrogen) atoms. The van der Waals surface area contributed by atoms with Crippen LogP contribution >= 0.6 is 11.6 Å². The van der Waals surface area contributed by atoms with E-state index in [-0.39, 0.29) is 16.7 Å². The predicted octanol–water partition coefficient (Wildman–Crippen LogP) is 3.76. The Labute approximate surface area is 162 Å². The number of hydrogen-bond acceptors (Lipinski definition) is 2. The number of carbonyl (C=O) groups is 1. The average Bonchev–Trinajstić information content (AvgIpc) is 2.65. The van der Waals surface area contributed by atoms with E-state index in [1.807, 2.05) is 12.1 Å². The second-order valence-corrected chi connectivity index (χ2v) is 11.7. The van der Waals surface area contributed by atoms with Crippen molar-refractivity contribution in [1.82, 2.24) is 0 Å². The van der Waals surface area contributed by atoms with E-state index in [4.69, 9.17) is 16.0 Å². The van der Waals surface area contributed by atoms with Crippen molar-refractivity contribution in [2.24, 2.45) is 0 Å². The molecular weight excluding hydrogens is 360 g/mol. The molecule has 2 rings (SSSR count). The number of rotatable bonds is 6. The zero-order chi connectivity index (χ0) is 19.0. The molecule has 0 atom stereocenters. The molecule has 0 fully saturated rings. The summed E-state index contributed by atoms with van der Waals surface area (Å²) in [5.41, 5.74) is 0. The third kappa shape index (κ3) is 4.65. The Morgan fingerprint density at radius 2 is 1.50 bits per heavy atom. The average molecular weight is 385 g/mol. The van der Waals surface area contributed by atoms with Crippen molar-refractivity contribution in [3.05, 3.63) is 60.7 Å². The lowest BCUT2D eigenvalue weighted by Crippen LogP contribution is -2.66. The van der Waals surface area contributed by atoms with Gasteiger partial charge in [0.25, 0.3) is 8.32 Å². The van der Waals surface area contributed by atoms with Gasteiger partial charge in [0.2, 0.25) is 5.78 Å². The normalized spacial score (nSPS) is 11.5. The molecule has 0 radical (unpaired) electrons. The molecule has 0 aliphatic rings. The van der Waals surface area contributed by atoms with Crippen LogP contribution in [0, 0.1) is 11.8 Å². The van der Waals surface area contributed by atoms with Crippen molar-refractivity contribution in [2.45, 2.75) is 32.2 Å². The lowest BCUT2D eigenvalue weighted by atomic mass is 10.2. The molecule has 2 aromatic carbocycles. The lowest BCUT2D eigenvalue weighted by molar-refractivity contribution is -0.111. The standard InChI is InChI=1S/C22H25ClO2Si/c1-22(2,3)26(20-13-6-4-7-14-20,21-15-8-5-9-16-21)25-17-11-10-12-19(24)18-23/h4-9,13-16H,11,17-18H2,1-3H3. The highest BCUT2D eigenvalue weighted by molar-refractivity contribution is 6.99. The summed E-state index contributed by atoms with van der Waals surface area (Å²) >= 11 is 5.48. The van der Waals surface area contributed by atoms with Crippen molar-refractivity contribution >= 4 is 36.1 Å². The van der Waals surface area contributed by atoms with Gasteiger partial charge in [-0.15, -0.1) is 11.6 Å². The molecular formula is C22H25ClO2Si. The van der Waals surface area contributed by atoms with E-state index < -0.39 is 8.32 Å². The molecule has 0 saturated carbocycles. The molecule has 0 aliphatic heterocycles. The first-order valence-corrected chi connectivity index (χ1v) is 11.2. The fourth-order valence-corrected chi connectivity index (χ4v) is 7.84. The van der Waals surface area contributed by atoms with E-state index in [1.165, 1.54) is 10.4 Å². The van der Waals surface area contributed by atoms with Crippen molar-refractivity contribution in [3.63, 3.8) is 0 Å². The molecule has 0 heterocycles. The number of Topliss-reactive ketones (excluding diaryl/α,β-unsaturated/α-hetero) is 1. The van der Waals surface area contributed by atoms with Crippen LogP contribution in [0.25, 0.3) is 0 Å². The first-order chi connectivity index (χ1) is 12.4. The van der Waals surface area contributed by atoms with E-state index in [0.29, 0.717) is 13.0 Å². The summed E-state index contributed by atoms with van der Waals surface area (Å²) in [6, 6.07) is 20.9. The zero-order valence-corrected chi connectivity index (χ0v) is 17.3. The molecule has 0 aromatic heterocycles. The number of halogens is 1. The highest BCUT2D eigenvalue weighted by atomic mass is 35.5. The highest BCUT2D eigenvalue weighted by Gasteiger charge is 2.49. The van der Waals surface area contributed by atoms with Gasteiger partial charge in [0.05, 0.1) is 5.88 Å². The fourth-order valence-electron chi connectivity index (χ4n) is 3.21. The van der Waals surface area contributed by atoms with Crippen LogP contribution in [0.3, 0.4) is 0 Å². The summed E-state index contributed by atoms with van der Waals surface area (Å²) in [5, 5.41) is 2.42. The van der Waals surface area contributed by atoms with Gasteiger partial charge >= 0.3 is 0 Å². The molecule has 4 heteroatoms. The Hall–Kier alpha value is -1.86. The summed E-state index contributed by atoms with van der Waals surface area (Å²) in [7, 11) is -2.51. The van der Waals surface area contributed by atoms with Crippen LogP contribution in [0.4, 0.5) is 0 Å². The third-order valence-corrected chi connectivity index (χ3v) is 9.60. The first kappa shape index (κ1) is 20.4. The van der Waals surface area contributed by atoms with Crippen LogP contribution in [0.5, 0.6) is 0 Å². The summed E-state index contributed by atoms with van der Waals surface area (Å²) in [6.45, 7) is 7.20. The summed E-state index contributed by atoms with van der Waals surface area (Å²) in [5.74, 6) is 5.11. The Balaban J connectivity index is 2.40. The Morgan fingerprint density at radius 3 is 1.92 bits per heavy atom. The molecule has 2 aromatic rings. The van der Waals surface area contributed by atoms with Crippen LogP contribution in [0.2, 0.25) is 5.04 Å². The molecule has 0 unspecified atom stereocenters. The predicted molar refractivity (Wildman–Crippen MR) is 112 cm³/mol. The van der Waals surface area contributed by atoms with Crippen LogP contribution in [-0.4, -0.2) is 26.6 Å². The molecule has 136 valence electrons. The van der Waals surface area contributed by atoms with Crippen LogP contribution < -0.4 is 10.4 Å². The number of ketones is 1. The molecule has 0 aliphatic carbocycles. The minimum Gasteiger partial charge on any atom is -0.406 e. The number of hydrogen-bond donors (Lipinski definition) is 0. The van der Waals surface area contributed by atoms with Crippen molar-refractivity contribution in [1.29, 1.82) is 0 Å².